The van der Waals surface area contributed by atoms with Gasteiger partial charge in [0, 0.05) is 6.04 Å². The van der Waals surface area contributed by atoms with Crippen molar-refractivity contribution in [2.24, 2.45) is 5.92 Å². The molecule has 2 atom stereocenters. The molecule has 0 aliphatic rings. The van der Waals surface area contributed by atoms with Crippen LogP contribution in [-0.2, 0) is 0 Å². The Hall–Kier alpha value is -1.03. The third-order valence-corrected chi connectivity index (χ3v) is 3.04. The first kappa shape index (κ1) is 13.0. The number of hydrogen-bond donors (Lipinski definition) is 1. The predicted molar refractivity (Wildman–Crippen MR) is 66.1 cm³/mol. The maximum atomic E-state index is 6.00. The van der Waals surface area contributed by atoms with Gasteiger partial charge in [0.2, 0.25) is 0 Å². The van der Waals surface area contributed by atoms with E-state index in [0.29, 0.717) is 28.8 Å². The molecular formula is C11H18ClN3O. The zero-order valence-electron chi connectivity index (χ0n) is 10.1. The zero-order valence-corrected chi connectivity index (χ0v) is 10.9. The fourth-order valence-corrected chi connectivity index (χ4v) is 1.41. The fraction of sp³-hybridized carbons (Fsp3) is 0.636. The SMILES string of the molecule is CCC(C)C(C)Nc1nc(OC)ncc1Cl. The average molecular weight is 244 g/mol. The van der Waals surface area contributed by atoms with Gasteiger partial charge < -0.3 is 10.1 Å². The van der Waals surface area contributed by atoms with E-state index < -0.39 is 0 Å². The second kappa shape index (κ2) is 5.89. The van der Waals surface area contributed by atoms with E-state index >= 15 is 0 Å². The van der Waals surface area contributed by atoms with Crippen molar-refractivity contribution in [3.05, 3.63) is 11.2 Å². The number of anilines is 1. The van der Waals surface area contributed by atoms with Gasteiger partial charge in [-0.15, -0.1) is 0 Å². The van der Waals surface area contributed by atoms with E-state index in [1.165, 1.54) is 7.11 Å². The number of ether oxygens (including phenoxy) is 1. The lowest BCUT2D eigenvalue weighted by molar-refractivity contribution is 0.380. The van der Waals surface area contributed by atoms with Gasteiger partial charge in [0.05, 0.1) is 13.3 Å². The van der Waals surface area contributed by atoms with Crippen molar-refractivity contribution in [2.75, 3.05) is 12.4 Å². The van der Waals surface area contributed by atoms with Gasteiger partial charge >= 0.3 is 6.01 Å². The van der Waals surface area contributed by atoms with Crippen molar-refractivity contribution < 1.29 is 4.74 Å². The van der Waals surface area contributed by atoms with Crippen LogP contribution in [0.25, 0.3) is 0 Å². The molecule has 0 fully saturated rings. The fourth-order valence-electron chi connectivity index (χ4n) is 1.26. The van der Waals surface area contributed by atoms with E-state index in [0.717, 1.165) is 6.42 Å². The highest BCUT2D eigenvalue weighted by Gasteiger charge is 2.13. The number of hydrogen-bond acceptors (Lipinski definition) is 4. The molecule has 0 radical (unpaired) electrons. The van der Waals surface area contributed by atoms with Crippen molar-refractivity contribution in [2.45, 2.75) is 33.2 Å². The molecule has 1 aromatic heterocycles. The highest BCUT2D eigenvalue weighted by Crippen LogP contribution is 2.22. The number of nitrogens with one attached hydrogen (secondary N) is 1. The lowest BCUT2D eigenvalue weighted by atomic mass is 10.0. The maximum absolute atomic E-state index is 6.00. The predicted octanol–water partition coefficient (Wildman–Crippen LogP) is 2.99. The van der Waals surface area contributed by atoms with Crippen LogP contribution in [-0.4, -0.2) is 23.1 Å². The number of rotatable bonds is 5. The Labute approximate surface area is 101 Å². The molecule has 1 N–H and O–H groups in total. The summed E-state index contributed by atoms with van der Waals surface area (Å²) in [5, 5.41) is 3.78. The van der Waals surface area contributed by atoms with Gasteiger partial charge in [-0.1, -0.05) is 31.9 Å². The van der Waals surface area contributed by atoms with Gasteiger partial charge in [-0.05, 0) is 12.8 Å². The van der Waals surface area contributed by atoms with Gasteiger partial charge in [-0.3, -0.25) is 0 Å². The molecule has 5 heteroatoms. The third-order valence-electron chi connectivity index (χ3n) is 2.77. The molecule has 0 aliphatic carbocycles. The van der Waals surface area contributed by atoms with Gasteiger partial charge in [0.15, 0.2) is 5.82 Å². The maximum Gasteiger partial charge on any atom is 0.318 e. The van der Waals surface area contributed by atoms with Crippen LogP contribution in [0.2, 0.25) is 5.02 Å². The number of halogens is 1. The summed E-state index contributed by atoms with van der Waals surface area (Å²) in [6.07, 6.45) is 2.65. The van der Waals surface area contributed by atoms with Crippen molar-refractivity contribution in [1.82, 2.24) is 9.97 Å². The Kier molecular flexibility index (Phi) is 4.80. The molecule has 4 nitrogen and oxygen atoms in total. The summed E-state index contributed by atoms with van der Waals surface area (Å²) in [4.78, 5) is 8.10. The smallest absolute Gasteiger partial charge is 0.318 e. The Morgan fingerprint density at radius 2 is 2.19 bits per heavy atom. The minimum Gasteiger partial charge on any atom is -0.467 e. The first-order valence-electron chi connectivity index (χ1n) is 5.41. The second-order valence-corrected chi connectivity index (χ2v) is 4.28. The summed E-state index contributed by atoms with van der Waals surface area (Å²) in [5.74, 6) is 1.18. The van der Waals surface area contributed by atoms with E-state index in [1.807, 2.05) is 0 Å². The van der Waals surface area contributed by atoms with Crippen molar-refractivity contribution >= 4 is 17.4 Å². The highest BCUT2D eigenvalue weighted by atomic mass is 35.5. The Morgan fingerprint density at radius 1 is 1.50 bits per heavy atom. The summed E-state index contributed by atoms with van der Waals surface area (Å²) in [6, 6.07) is 0.630. The summed E-state index contributed by atoms with van der Waals surface area (Å²) in [6.45, 7) is 6.45. The molecule has 0 amide bonds. The Bertz CT molecular complexity index is 346. The molecule has 1 aromatic rings. The minimum atomic E-state index is 0.308. The van der Waals surface area contributed by atoms with Crippen molar-refractivity contribution in [3.63, 3.8) is 0 Å². The summed E-state index contributed by atoms with van der Waals surface area (Å²) in [5.41, 5.74) is 0. The quantitative estimate of drug-likeness (QED) is 0.864. The Morgan fingerprint density at radius 3 is 2.75 bits per heavy atom. The van der Waals surface area contributed by atoms with Crippen molar-refractivity contribution in [3.8, 4) is 6.01 Å². The van der Waals surface area contributed by atoms with Crippen LogP contribution in [0.4, 0.5) is 5.82 Å². The molecule has 90 valence electrons. The molecule has 16 heavy (non-hydrogen) atoms. The van der Waals surface area contributed by atoms with E-state index in [9.17, 15) is 0 Å². The van der Waals surface area contributed by atoms with Gasteiger partial charge in [0.1, 0.15) is 5.02 Å². The lowest BCUT2D eigenvalue weighted by Crippen LogP contribution is -2.24. The minimum absolute atomic E-state index is 0.308. The normalized spacial score (nSPS) is 14.3. The van der Waals surface area contributed by atoms with Gasteiger partial charge in [0.25, 0.3) is 0 Å². The van der Waals surface area contributed by atoms with Crippen LogP contribution < -0.4 is 10.1 Å². The standard InChI is InChI=1S/C11H18ClN3O/c1-5-7(2)8(3)14-10-9(12)6-13-11(15-10)16-4/h6-8H,5H2,1-4H3,(H,13,14,15). The number of aromatic nitrogens is 2. The average Bonchev–Trinajstić information content (AvgIpc) is 2.30. The molecule has 0 aliphatic heterocycles. The number of nitrogens with zero attached hydrogens (tertiary/aromatic N) is 2. The molecule has 0 aromatic carbocycles. The molecule has 2 unspecified atom stereocenters. The van der Waals surface area contributed by atoms with Crippen LogP contribution in [0.1, 0.15) is 27.2 Å². The molecule has 0 saturated heterocycles. The van der Waals surface area contributed by atoms with Crippen LogP contribution in [0.15, 0.2) is 6.20 Å². The first-order valence-corrected chi connectivity index (χ1v) is 5.79. The molecule has 0 saturated carbocycles. The van der Waals surface area contributed by atoms with E-state index in [2.05, 4.69) is 36.1 Å². The highest BCUT2D eigenvalue weighted by molar-refractivity contribution is 6.32. The topological polar surface area (TPSA) is 47.0 Å². The van der Waals surface area contributed by atoms with Crippen LogP contribution in [0.3, 0.4) is 0 Å². The summed E-state index contributed by atoms with van der Waals surface area (Å²) in [7, 11) is 1.53. The molecule has 1 rings (SSSR count). The number of methoxy groups -OCH3 is 1. The lowest BCUT2D eigenvalue weighted by Gasteiger charge is -2.20. The largest absolute Gasteiger partial charge is 0.467 e. The van der Waals surface area contributed by atoms with Gasteiger partial charge in [-0.2, -0.15) is 4.98 Å². The van der Waals surface area contributed by atoms with Crippen LogP contribution >= 0.6 is 11.6 Å². The summed E-state index contributed by atoms with van der Waals surface area (Å²) < 4.78 is 4.96. The van der Waals surface area contributed by atoms with Crippen LogP contribution in [0, 0.1) is 5.92 Å². The third kappa shape index (κ3) is 3.23. The molecule has 1 heterocycles. The second-order valence-electron chi connectivity index (χ2n) is 3.87. The van der Waals surface area contributed by atoms with E-state index in [-0.39, 0.29) is 0 Å². The Balaban J connectivity index is 2.79. The van der Waals surface area contributed by atoms with E-state index in [1.54, 1.807) is 6.20 Å². The van der Waals surface area contributed by atoms with E-state index in [4.69, 9.17) is 16.3 Å². The zero-order chi connectivity index (χ0) is 12.1. The summed E-state index contributed by atoms with van der Waals surface area (Å²) >= 11 is 6.00. The van der Waals surface area contributed by atoms with Gasteiger partial charge in [-0.25, -0.2) is 4.98 Å². The molecule has 0 bridgehead atoms. The van der Waals surface area contributed by atoms with Crippen LogP contribution in [0.5, 0.6) is 6.01 Å². The first-order chi connectivity index (χ1) is 7.58. The molecular weight excluding hydrogens is 226 g/mol. The molecule has 0 spiro atoms. The monoisotopic (exact) mass is 243 g/mol. The van der Waals surface area contributed by atoms with Crippen molar-refractivity contribution in [1.29, 1.82) is 0 Å².